The standard InChI is InChI=1S/C9H9FN2S/c1-12-9-4-6(13-2)3-8(10)7(9)5-11-12/h3-5H,1-2H3. The number of nitrogens with zero attached hydrogens (tertiary/aromatic N) is 2. The van der Waals surface area contributed by atoms with Gasteiger partial charge < -0.3 is 0 Å². The summed E-state index contributed by atoms with van der Waals surface area (Å²) in [6, 6.07) is 3.48. The van der Waals surface area contributed by atoms with Gasteiger partial charge in [-0.15, -0.1) is 11.8 Å². The third kappa shape index (κ3) is 1.31. The molecule has 1 heterocycles. The molecule has 0 unspecified atom stereocenters. The molecule has 1 aromatic heterocycles. The second kappa shape index (κ2) is 3.03. The Morgan fingerprint density at radius 2 is 2.23 bits per heavy atom. The van der Waals surface area contributed by atoms with Crippen molar-refractivity contribution in [2.75, 3.05) is 6.26 Å². The summed E-state index contributed by atoms with van der Waals surface area (Å²) in [4.78, 5) is 0.925. The summed E-state index contributed by atoms with van der Waals surface area (Å²) in [5.74, 6) is -0.199. The Bertz CT molecular complexity index is 450. The lowest BCUT2D eigenvalue weighted by atomic mass is 10.2. The second-order valence-electron chi connectivity index (χ2n) is 2.81. The molecule has 0 amide bonds. The first kappa shape index (κ1) is 8.56. The fourth-order valence-electron chi connectivity index (χ4n) is 1.30. The van der Waals surface area contributed by atoms with Crippen molar-refractivity contribution < 1.29 is 4.39 Å². The number of thioether (sulfide) groups is 1. The number of aromatic nitrogens is 2. The van der Waals surface area contributed by atoms with Gasteiger partial charge in [-0.2, -0.15) is 5.10 Å². The lowest BCUT2D eigenvalue weighted by molar-refractivity contribution is 0.636. The van der Waals surface area contributed by atoms with Gasteiger partial charge in [-0.25, -0.2) is 4.39 Å². The maximum atomic E-state index is 13.4. The molecule has 0 atom stereocenters. The minimum Gasteiger partial charge on any atom is -0.268 e. The summed E-state index contributed by atoms with van der Waals surface area (Å²) < 4.78 is 15.1. The van der Waals surface area contributed by atoms with E-state index in [2.05, 4.69) is 5.10 Å². The largest absolute Gasteiger partial charge is 0.268 e. The van der Waals surface area contributed by atoms with Crippen molar-refractivity contribution in [1.82, 2.24) is 9.78 Å². The van der Waals surface area contributed by atoms with Gasteiger partial charge in [-0.1, -0.05) is 0 Å². The van der Waals surface area contributed by atoms with Crippen LogP contribution in [0.25, 0.3) is 10.9 Å². The first-order chi connectivity index (χ1) is 6.22. The van der Waals surface area contributed by atoms with Crippen LogP contribution in [0.15, 0.2) is 23.2 Å². The summed E-state index contributed by atoms with van der Waals surface area (Å²) in [6.07, 6.45) is 3.48. The van der Waals surface area contributed by atoms with E-state index in [1.807, 2.05) is 19.4 Å². The van der Waals surface area contributed by atoms with Crippen LogP contribution in [-0.4, -0.2) is 16.0 Å². The smallest absolute Gasteiger partial charge is 0.135 e. The molecule has 0 aliphatic rings. The first-order valence-corrected chi connectivity index (χ1v) is 5.10. The van der Waals surface area contributed by atoms with Crippen molar-refractivity contribution in [1.29, 1.82) is 0 Å². The van der Waals surface area contributed by atoms with Crippen LogP contribution in [0.1, 0.15) is 0 Å². The highest BCUT2D eigenvalue weighted by atomic mass is 32.2. The summed E-state index contributed by atoms with van der Waals surface area (Å²) in [7, 11) is 1.81. The number of hydrogen-bond acceptors (Lipinski definition) is 2. The number of fused-ring (bicyclic) bond motifs is 1. The van der Waals surface area contributed by atoms with Crippen LogP contribution in [0.2, 0.25) is 0 Å². The molecule has 13 heavy (non-hydrogen) atoms. The van der Waals surface area contributed by atoms with Crippen LogP contribution in [0.3, 0.4) is 0 Å². The third-order valence-corrected chi connectivity index (χ3v) is 2.73. The fraction of sp³-hybridized carbons (Fsp3) is 0.222. The highest BCUT2D eigenvalue weighted by Crippen LogP contribution is 2.24. The molecule has 2 aromatic rings. The van der Waals surface area contributed by atoms with Gasteiger partial charge in [0.25, 0.3) is 0 Å². The van der Waals surface area contributed by atoms with Crippen LogP contribution in [0.5, 0.6) is 0 Å². The van der Waals surface area contributed by atoms with Gasteiger partial charge in [0.1, 0.15) is 5.82 Å². The molecule has 0 bridgehead atoms. The van der Waals surface area contributed by atoms with Gasteiger partial charge in [0.2, 0.25) is 0 Å². The van der Waals surface area contributed by atoms with Gasteiger partial charge in [0.15, 0.2) is 0 Å². The molecule has 2 rings (SSSR count). The van der Waals surface area contributed by atoms with Crippen LogP contribution in [0, 0.1) is 5.82 Å². The average molecular weight is 196 g/mol. The summed E-state index contributed by atoms with van der Waals surface area (Å²) in [6.45, 7) is 0. The molecule has 0 radical (unpaired) electrons. The van der Waals surface area contributed by atoms with Crippen molar-refractivity contribution in [2.24, 2.45) is 7.05 Å². The zero-order valence-corrected chi connectivity index (χ0v) is 8.23. The summed E-state index contributed by atoms with van der Waals surface area (Å²) >= 11 is 1.53. The normalized spacial score (nSPS) is 11.0. The molecule has 0 fully saturated rings. The maximum Gasteiger partial charge on any atom is 0.135 e. The van der Waals surface area contributed by atoms with E-state index in [0.717, 1.165) is 10.4 Å². The number of halogens is 1. The van der Waals surface area contributed by atoms with E-state index in [-0.39, 0.29) is 5.82 Å². The monoisotopic (exact) mass is 196 g/mol. The van der Waals surface area contributed by atoms with Crippen molar-refractivity contribution >= 4 is 22.7 Å². The SMILES string of the molecule is CSc1cc(F)c2cnn(C)c2c1. The van der Waals surface area contributed by atoms with Crippen LogP contribution in [-0.2, 0) is 7.05 Å². The molecule has 68 valence electrons. The van der Waals surface area contributed by atoms with E-state index >= 15 is 0 Å². The Morgan fingerprint density at radius 3 is 2.92 bits per heavy atom. The fourth-order valence-corrected chi connectivity index (χ4v) is 1.75. The van der Waals surface area contributed by atoms with E-state index in [4.69, 9.17) is 0 Å². The lowest BCUT2D eigenvalue weighted by Gasteiger charge is -1.99. The van der Waals surface area contributed by atoms with E-state index < -0.39 is 0 Å². The number of aryl methyl sites for hydroxylation is 1. The Hall–Kier alpha value is -1.03. The molecule has 0 N–H and O–H groups in total. The number of benzene rings is 1. The Labute approximate surface area is 79.7 Å². The molecule has 0 aliphatic heterocycles. The quantitative estimate of drug-likeness (QED) is 0.652. The van der Waals surface area contributed by atoms with Crippen molar-refractivity contribution in [3.8, 4) is 0 Å². The third-order valence-electron chi connectivity index (χ3n) is 2.03. The summed E-state index contributed by atoms with van der Waals surface area (Å²) in [5.41, 5.74) is 0.837. The van der Waals surface area contributed by atoms with E-state index in [9.17, 15) is 4.39 Å². The zero-order chi connectivity index (χ0) is 9.42. The van der Waals surface area contributed by atoms with Crippen LogP contribution < -0.4 is 0 Å². The molecule has 0 aliphatic carbocycles. The molecule has 0 saturated heterocycles. The predicted octanol–water partition coefficient (Wildman–Crippen LogP) is 2.43. The van der Waals surface area contributed by atoms with Crippen LogP contribution >= 0.6 is 11.8 Å². The van der Waals surface area contributed by atoms with Gasteiger partial charge in [-0.05, 0) is 18.4 Å². The van der Waals surface area contributed by atoms with E-state index in [0.29, 0.717) is 5.39 Å². The van der Waals surface area contributed by atoms with Gasteiger partial charge in [-0.3, -0.25) is 4.68 Å². The molecule has 2 nitrogen and oxygen atoms in total. The minimum absolute atomic E-state index is 0.199. The van der Waals surface area contributed by atoms with Gasteiger partial charge in [0.05, 0.1) is 17.1 Å². The molecule has 4 heteroatoms. The molecule has 0 saturated carbocycles. The molecule has 0 spiro atoms. The van der Waals surface area contributed by atoms with Gasteiger partial charge in [0, 0.05) is 11.9 Å². The van der Waals surface area contributed by atoms with Crippen LogP contribution in [0.4, 0.5) is 4.39 Å². The maximum absolute atomic E-state index is 13.4. The average Bonchev–Trinajstić information content (AvgIpc) is 2.48. The second-order valence-corrected chi connectivity index (χ2v) is 3.69. The van der Waals surface area contributed by atoms with Gasteiger partial charge >= 0.3 is 0 Å². The summed E-state index contributed by atoms with van der Waals surface area (Å²) in [5, 5.41) is 4.58. The molecular formula is C9H9FN2S. The van der Waals surface area contributed by atoms with E-state index in [1.165, 1.54) is 17.8 Å². The molecule has 1 aromatic carbocycles. The Morgan fingerprint density at radius 1 is 1.46 bits per heavy atom. The van der Waals surface area contributed by atoms with E-state index in [1.54, 1.807) is 10.9 Å². The Kier molecular flexibility index (Phi) is 2.00. The lowest BCUT2D eigenvalue weighted by Crippen LogP contribution is -1.89. The topological polar surface area (TPSA) is 17.8 Å². The van der Waals surface area contributed by atoms with Crippen molar-refractivity contribution in [3.63, 3.8) is 0 Å². The zero-order valence-electron chi connectivity index (χ0n) is 7.41. The predicted molar refractivity (Wildman–Crippen MR) is 52.5 cm³/mol. The van der Waals surface area contributed by atoms with Crippen molar-refractivity contribution in [3.05, 3.63) is 24.1 Å². The first-order valence-electron chi connectivity index (χ1n) is 3.87. The molecular weight excluding hydrogens is 187 g/mol. The highest BCUT2D eigenvalue weighted by molar-refractivity contribution is 7.98. The minimum atomic E-state index is -0.199. The number of hydrogen-bond donors (Lipinski definition) is 0. The van der Waals surface area contributed by atoms with Crippen molar-refractivity contribution in [2.45, 2.75) is 4.90 Å². The highest BCUT2D eigenvalue weighted by Gasteiger charge is 2.06. The number of rotatable bonds is 1. The Balaban J connectivity index is 2.80.